The second-order valence-corrected chi connectivity index (χ2v) is 13.6. The van der Waals surface area contributed by atoms with Gasteiger partial charge in [0.25, 0.3) is 0 Å². The molecular formula is C37H57N9O5. The van der Waals surface area contributed by atoms with Crippen LogP contribution >= 0.6 is 0 Å². The van der Waals surface area contributed by atoms with Crippen LogP contribution in [0.15, 0.2) is 60.7 Å². The van der Waals surface area contributed by atoms with Crippen molar-refractivity contribution in [2.75, 3.05) is 52.4 Å². The minimum atomic E-state index is -1.00. The Morgan fingerprint density at radius 3 is 1.80 bits per heavy atom. The summed E-state index contributed by atoms with van der Waals surface area (Å²) in [6.07, 6.45) is 1.63. The summed E-state index contributed by atoms with van der Waals surface area (Å²) in [5.41, 5.74) is 19.0. The molecule has 1 fully saturated rings. The van der Waals surface area contributed by atoms with Crippen LogP contribution in [0.3, 0.4) is 0 Å². The molecule has 2 aromatic carbocycles. The van der Waals surface area contributed by atoms with E-state index in [0.29, 0.717) is 58.4 Å². The van der Waals surface area contributed by atoms with E-state index in [4.69, 9.17) is 17.2 Å². The lowest BCUT2D eigenvalue weighted by Gasteiger charge is -2.34. The number of carbonyl (C=O) groups is 5. The zero-order valence-corrected chi connectivity index (χ0v) is 30.0. The Balaban J connectivity index is 1.65. The van der Waals surface area contributed by atoms with Crippen molar-refractivity contribution in [2.24, 2.45) is 23.1 Å². The van der Waals surface area contributed by atoms with Crippen molar-refractivity contribution < 1.29 is 24.0 Å². The van der Waals surface area contributed by atoms with E-state index in [1.54, 1.807) is 0 Å². The number of hydrogen-bond donors (Lipinski definition) is 7. The van der Waals surface area contributed by atoms with E-state index >= 15 is 0 Å². The van der Waals surface area contributed by atoms with Crippen LogP contribution in [0.5, 0.6) is 0 Å². The van der Waals surface area contributed by atoms with Gasteiger partial charge >= 0.3 is 0 Å². The van der Waals surface area contributed by atoms with E-state index in [1.807, 2.05) is 79.4 Å². The van der Waals surface area contributed by atoms with Crippen LogP contribution in [0.1, 0.15) is 44.2 Å². The molecule has 0 spiro atoms. The van der Waals surface area contributed by atoms with Crippen molar-refractivity contribution in [3.63, 3.8) is 0 Å². The summed E-state index contributed by atoms with van der Waals surface area (Å²) in [6, 6.07) is 15.0. The smallest absolute Gasteiger partial charge is 0.243 e. The average molecular weight is 708 g/mol. The number of primary amides is 1. The Kier molecular flexibility index (Phi) is 17.5. The van der Waals surface area contributed by atoms with Gasteiger partial charge in [0.15, 0.2) is 0 Å². The van der Waals surface area contributed by atoms with Gasteiger partial charge in [-0.1, -0.05) is 74.5 Å². The molecule has 1 aliphatic heterocycles. The third-order valence-electron chi connectivity index (χ3n) is 8.79. The molecule has 0 unspecified atom stereocenters. The quantitative estimate of drug-likeness (QED) is 0.0868. The first-order valence-corrected chi connectivity index (χ1v) is 17.9. The maximum atomic E-state index is 13.8. The molecule has 0 radical (unpaired) electrons. The van der Waals surface area contributed by atoms with Gasteiger partial charge in [-0.15, -0.1) is 0 Å². The summed E-state index contributed by atoms with van der Waals surface area (Å²) >= 11 is 0. The molecule has 3 rings (SSSR count). The molecule has 0 aliphatic carbocycles. The molecule has 14 heteroatoms. The zero-order chi connectivity index (χ0) is 37.2. The largest absolute Gasteiger partial charge is 0.369 e. The Bertz CT molecular complexity index is 1390. The molecule has 1 aliphatic rings. The molecule has 14 nitrogen and oxygen atoms in total. The number of rotatable bonds is 21. The highest BCUT2D eigenvalue weighted by Gasteiger charge is 2.31. The molecule has 280 valence electrons. The standard InChI is InChI=1S/C37H57N9O5/c1-26(2)22-31(36(50)42-30(14-9-15-38)35(49)41-16-17-45-18-20-46(21-19-45)25-33(40)47)44-37(51)32(24-28-12-7-4-8-13-28)43-34(48)29(39)23-27-10-5-3-6-11-27/h3-8,10-13,26,29-32H,9,14-25,38-39H2,1-2H3,(H2,40,47)(H,41,49)(H,42,50)(H,43,48)(H,44,51)/t29-,30-,31-,32-/m1/s1. The summed E-state index contributed by atoms with van der Waals surface area (Å²) in [7, 11) is 0. The van der Waals surface area contributed by atoms with Gasteiger partial charge < -0.3 is 38.5 Å². The molecule has 0 saturated carbocycles. The van der Waals surface area contributed by atoms with Crippen LogP contribution in [0.25, 0.3) is 0 Å². The van der Waals surface area contributed by atoms with E-state index in [9.17, 15) is 24.0 Å². The highest BCUT2D eigenvalue weighted by Crippen LogP contribution is 2.10. The van der Waals surface area contributed by atoms with E-state index < -0.39 is 41.9 Å². The van der Waals surface area contributed by atoms with Gasteiger partial charge in [-0.25, -0.2) is 0 Å². The monoisotopic (exact) mass is 707 g/mol. The van der Waals surface area contributed by atoms with E-state index in [2.05, 4.69) is 26.2 Å². The van der Waals surface area contributed by atoms with Crippen LogP contribution in [0, 0.1) is 5.92 Å². The number of nitrogens with zero attached hydrogens (tertiary/aromatic N) is 2. The van der Waals surface area contributed by atoms with E-state index in [1.165, 1.54) is 0 Å². The number of hydrogen-bond acceptors (Lipinski definition) is 9. The number of nitrogens with one attached hydrogen (secondary N) is 4. The fourth-order valence-corrected chi connectivity index (χ4v) is 5.99. The third-order valence-corrected chi connectivity index (χ3v) is 8.79. The van der Waals surface area contributed by atoms with Crippen molar-refractivity contribution in [1.29, 1.82) is 0 Å². The molecule has 1 heterocycles. The van der Waals surface area contributed by atoms with E-state index in [0.717, 1.165) is 24.2 Å². The predicted octanol–water partition coefficient (Wildman–Crippen LogP) is -0.742. The summed E-state index contributed by atoms with van der Waals surface area (Å²) in [5, 5.41) is 11.5. The number of amides is 5. The van der Waals surface area contributed by atoms with Crippen molar-refractivity contribution in [2.45, 2.75) is 70.1 Å². The zero-order valence-electron chi connectivity index (χ0n) is 30.0. The molecular weight excluding hydrogens is 650 g/mol. The minimum absolute atomic E-state index is 0.0299. The van der Waals surface area contributed by atoms with Crippen LogP contribution in [-0.2, 0) is 36.8 Å². The van der Waals surface area contributed by atoms with Gasteiger partial charge in [0.1, 0.15) is 18.1 Å². The van der Waals surface area contributed by atoms with Gasteiger partial charge in [-0.2, -0.15) is 0 Å². The number of piperazine rings is 1. The van der Waals surface area contributed by atoms with Crippen molar-refractivity contribution in [3.8, 4) is 0 Å². The molecule has 2 aromatic rings. The third kappa shape index (κ3) is 15.2. The van der Waals surface area contributed by atoms with Gasteiger partial charge in [-0.3, -0.25) is 33.8 Å². The van der Waals surface area contributed by atoms with Crippen LogP contribution in [0.4, 0.5) is 0 Å². The number of nitrogens with two attached hydrogens (primary N) is 3. The fraction of sp³-hybridized carbons (Fsp3) is 0.541. The summed E-state index contributed by atoms with van der Waals surface area (Å²) < 4.78 is 0. The van der Waals surface area contributed by atoms with Crippen LogP contribution < -0.4 is 38.5 Å². The first kappa shape index (κ1) is 41.1. The van der Waals surface area contributed by atoms with Crippen molar-refractivity contribution in [3.05, 3.63) is 71.8 Å². The second-order valence-electron chi connectivity index (χ2n) is 13.6. The lowest BCUT2D eigenvalue weighted by atomic mass is 10.00. The molecule has 1 saturated heterocycles. The first-order valence-electron chi connectivity index (χ1n) is 17.9. The Labute approximate surface area is 301 Å². The molecule has 5 amide bonds. The van der Waals surface area contributed by atoms with Gasteiger partial charge in [0.2, 0.25) is 29.5 Å². The van der Waals surface area contributed by atoms with Crippen LogP contribution in [0.2, 0.25) is 0 Å². The summed E-state index contributed by atoms with van der Waals surface area (Å²) in [4.78, 5) is 69.5. The van der Waals surface area contributed by atoms with Gasteiger partial charge in [-0.05, 0) is 49.3 Å². The second kappa shape index (κ2) is 21.8. The minimum Gasteiger partial charge on any atom is -0.369 e. The summed E-state index contributed by atoms with van der Waals surface area (Å²) in [5.74, 6) is -2.16. The highest BCUT2D eigenvalue weighted by atomic mass is 16.2. The summed E-state index contributed by atoms with van der Waals surface area (Å²) in [6.45, 7) is 8.36. The highest BCUT2D eigenvalue weighted by molar-refractivity contribution is 5.95. The lowest BCUT2D eigenvalue weighted by molar-refractivity contribution is -0.134. The SMILES string of the molecule is CC(C)C[C@@H](NC(=O)[C@@H](Cc1ccccc1)NC(=O)[C@H](N)Cc1ccccc1)C(=O)N[C@H](CCCN)C(=O)NCCN1CCN(CC(N)=O)CC1. The first-order chi connectivity index (χ1) is 24.4. The molecule has 0 bridgehead atoms. The Morgan fingerprint density at radius 2 is 1.24 bits per heavy atom. The fourth-order valence-electron chi connectivity index (χ4n) is 5.99. The molecule has 0 aromatic heterocycles. The normalized spacial score (nSPS) is 16.0. The maximum Gasteiger partial charge on any atom is 0.243 e. The van der Waals surface area contributed by atoms with Gasteiger partial charge in [0.05, 0.1) is 12.6 Å². The predicted molar refractivity (Wildman–Crippen MR) is 197 cm³/mol. The molecule has 51 heavy (non-hydrogen) atoms. The average Bonchev–Trinajstić information content (AvgIpc) is 3.10. The van der Waals surface area contributed by atoms with Crippen molar-refractivity contribution >= 4 is 29.5 Å². The van der Waals surface area contributed by atoms with Crippen LogP contribution in [-0.4, -0.2) is 116 Å². The Hall–Kier alpha value is -4.37. The van der Waals surface area contributed by atoms with Crippen molar-refractivity contribution in [1.82, 2.24) is 31.1 Å². The van der Waals surface area contributed by atoms with E-state index in [-0.39, 0.29) is 30.7 Å². The van der Waals surface area contributed by atoms with Gasteiger partial charge in [0, 0.05) is 45.7 Å². The Morgan fingerprint density at radius 1 is 0.706 bits per heavy atom. The topological polar surface area (TPSA) is 218 Å². The number of benzene rings is 2. The molecule has 10 N–H and O–H groups in total. The molecule has 4 atom stereocenters. The maximum absolute atomic E-state index is 13.8. The lowest BCUT2D eigenvalue weighted by Crippen LogP contribution is -2.58. The number of carbonyl (C=O) groups excluding carboxylic acids is 5.